The Balaban J connectivity index is 1.40. The number of piperidine rings is 1. The van der Waals surface area contributed by atoms with Crippen molar-refractivity contribution in [3.63, 3.8) is 0 Å². The first-order chi connectivity index (χ1) is 9.85. The van der Waals surface area contributed by atoms with Crippen LogP contribution in [-0.4, -0.2) is 23.6 Å². The molecule has 3 unspecified atom stereocenters. The number of rotatable bonds is 5. The fraction of sp³-hybridized carbons (Fsp3) is 0.812. The van der Waals surface area contributed by atoms with E-state index in [0.29, 0.717) is 6.04 Å². The smallest absolute Gasteiger partial charge is 0.107 e. The SMILES string of the molecule is CCc1cnc(CNCC2CCC3CCCCC3N2)s1. The summed E-state index contributed by atoms with van der Waals surface area (Å²) in [6.07, 6.45) is 11.6. The summed E-state index contributed by atoms with van der Waals surface area (Å²) in [5.41, 5.74) is 0. The van der Waals surface area contributed by atoms with Gasteiger partial charge in [0.25, 0.3) is 0 Å². The topological polar surface area (TPSA) is 37.0 Å². The minimum Gasteiger partial charge on any atom is -0.310 e. The van der Waals surface area contributed by atoms with Crippen LogP contribution in [0.3, 0.4) is 0 Å². The highest BCUT2D eigenvalue weighted by atomic mass is 32.1. The van der Waals surface area contributed by atoms with Crippen LogP contribution in [0.25, 0.3) is 0 Å². The first-order valence-electron chi connectivity index (χ1n) is 8.25. The van der Waals surface area contributed by atoms with Crippen molar-refractivity contribution < 1.29 is 0 Å². The summed E-state index contributed by atoms with van der Waals surface area (Å²) in [6, 6.07) is 1.47. The van der Waals surface area contributed by atoms with Crippen molar-refractivity contribution in [3.05, 3.63) is 16.1 Å². The molecule has 1 aliphatic carbocycles. The van der Waals surface area contributed by atoms with Gasteiger partial charge in [-0.25, -0.2) is 4.98 Å². The molecule has 3 atom stereocenters. The van der Waals surface area contributed by atoms with Crippen LogP contribution in [0.15, 0.2) is 6.20 Å². The fourth-order valence-corrected chi connectivity index (χ4v) is 4.51. The Morgan fingerprint density at radius 2 is 2.20 bits per heavy atom. The van der Waals surface area contributed by atoms with Gasteiger partial charge in [-0.15, -0.1) is 11.3 Å². The second kappa shape index (κ2) is 7.01. The van der Waals surface area contributed by atoms with Gasteiger partial charge < -0.3 is 10.6 Å². The number of aryl methyl sites for hydroxylation is 1. The molecule has 1 aromatic rings. The number of hydrogen-bond acceptors (Lipinski definition) is 4. The van der Waals surface area contributed by atoms with Crippen molar-refractivity contribution in [1.29, 1.82) is 0 Å². The first-order valence-corrected chi connectivity index (χ1v) is 9.07. The second-order valence-corrected chi connectivity index (χ2v) is 7.50. The maximum atomic E-state index is 4.47. The lowest BCUT2D eigenvalue weighted by molar-refractivity contribution is 0.174. The van der Waals surface area contributed by atoms with Gasteiger partial charge in [0.2, 0.25) is 0 Å². The van der Waals surface area contributed by atoms with Gasteiger partial charge in [-0.1, -0.05) is 19.8 Å². The Hall–Kier alpha value is -0.450. The number of nitrogens with zero attached hydrogens (tertiary/aromatic N) is 1. The predicted octanol–water partition coefficient (Wildman–Crippen LogP) is 3.11. The number of nitrogens with one attached hydrogen (secondary N) is 2. The molecule has 112 valence electrons. The molecule has 0 amide bonds. The number of hydrogen-bond donors (Lipinski definition) is 2. The highest BCUT2D eigenvalue weighted by Gasteiger charge is 2.31. The molecule has 2 heterocycles. The van der Waals surface area contributed by atoms with Gasteiger partial charge in [0, 0.05) is 36.2 Å². The molecule has 1 saturated heterocycles. The summed E-state index contributed by atoms with van der Waals surface area (Å²) >= 11 is 1.84. The van der Waals surface area contributed by atoms with E-state index < -0.39 is 0 Å². The lowest BCUT2D eigenvalue weighted by Crippen LogP contribution is -2.52. The third-order valence-electron chi connectivity index (χ3n) is 4.86. The van der Waals surface area contributed by atoms with E-state index >= 15 is 0 Å². The van der Waals surface area contributed by atoms with Crippen molar-refractivity contribution in [2.75, 3.05) is 6.54 Å². The minimum absolute atomic E-state index is 0.667. The second-order valence-electron chi connectivity index (χ2n) is 6.30. The summed E-state index contributed by atoms with van der Waals surface area (Å²) in [5.74, 6) is 0.964. The zero-order valence-corrected chi connectivity index (χ0v) is 13.3. The molecule has 0 radical (unpaired) electrons. The molecule has 2 fully saturated rings. The molecule has 4 heteroatoms. The van der Waals surface area contributed by atoms with Crippen LogP contribution in [0, 0.1) is 5.92 Å². The van der Waals surface area contributed by atoms with E-state index in [9.17, 15) is 0 Å². The highest BCUT2D eigenvalue weighted by Crippen LogP contribution is 2.32. The Morgan fingerprint density at radius 1 is 1.30 bits per heavy atom. The molecule has 20 heavy (non-hydrogen) atoms. The molecule has 0 bridgehead atoms. The quantitative estimate of drug-likeness (QED) is 0.876. The molecule has 1 aromatic heterocycles. The predicted molar refractivity (Wildman–Crippen MR) is 85.1 cm³/mol. The molecule has 1 aliphatic heterocycles. The first kappa shape index (κ1) is 14.5. The monoisotopic (exact) mass is 293 g/mol. The van der Waals surface area contributed by atoms with Crippen LogP contribution in [0.2, 0.25) is 0 Å². The minimum atomic E-state index is 0.667. The number of thiazole rings is 1. The summed E-state index contributed by atoms with van der Waals surface area (Å²) in [5, 5.41) is 8.70. The number of aromatic nitrogens is 1. The van der Waals surface area contributed by atoms with Crippen molar-refractivity contribution in [2.45, 2.75) is 70.5 Å². The lowest BCUT2D eigenvalue weighted by Gasteiger charge is -2.40. The molecular weight excluding hydrogens is 266 g/mol. The summed E-state index contributed by atoms with van der Waals surface area (Å²) < 4.78 is 0. The molecule has 3 rings (SSSR count). The van der Waals surface area contributed by atoms with E-state index in [1.807, 2.05) is 17.5 Å². The van der Waals surface area contributed by atoms with Crippen LogP contribution in [0.4, 0.5) is 0 Å². The van der Waals surface area contributed by atoms with Crippen LogP contribution >= 0.6 is 11.3 Å². The summed E-state index contributed by atoms with van der Waals surface area (Å²) in [7, 11) is 0. The molecule has 2 N–H and O–H groups in total. The van der Waals surface area contributed by atoms with Crippen molar-refractivity contribution in [1.82, 2.24) is 15.6 Å². The lowest BCUT2D eigenvalue weighted by atomic mass is 9.78. The van der Waals surface area contributed by atoms with Gasteiger partial charge in [0.05, 0.1) is 0 Å². The maximum Gasteiger partial charge on any atom is 0.107 e. The molecule has 0 spiro atoms. The zero-order chi connectivity index (χ0) is 13.8. The van der Waals surface area contributed by atoms with E-state index in [1.165, 1.54) is 48.4 Å². The zero-order valence-electron chi connectivity index (χ0n) is 12.5. The van der Waals surface area contributed by atoms with Crippen LogP contribution in [-0.2, 0) is 13.0 Å². The van der Waals surface area contributed by atoms with Gasteiger partial charge in [-0.05, 0) is 38.0 Å². The Morgan fingerprint density at radius 3 is 3.05 bits per heavy atom. The van der Waals surface area contributed by atoms with Gasteiger partial charge in [-0.3, -0.25) is 0 Å². The van der Waals surface area contributed by atoms with Gasteiger partial charge >= 0.3 is 0 Å². The van der Waals surface area contributed by atoms with Crippen LogP contribution in [0.5, 0.6) is 0 Å². The molecule has 0 aromatic carbocycles. The third-order valence-corrected chi connectivity index (χ3v) is 6.00. The number of fused-ring (bicyclic) bond motifs is 1. The fourth-order valence-electron chi connectivity index (χ4n) is 3.68. The van der Waals surface area contributed by atoms with Crippen LogP contribution in [0.1, 0.15) is 55.3 Å². The van der Waals surface area contributed by atoms with E-state index in [2.05, 4.69) is 22.5 Å². The average molecular weight is 293 g/mol. The molecule has 2 aliphatic rings. The summed E-state index contributed by atoms with van der Waals surface area (Å²) in [4.78, 5) is 5.86. The van der Waals surface area contributed by atoms with Crippen molar-refractivity contribution in [2.24, 2.45) is 5.92 Å². The highest BCUT2D eigenvalue weighted by molar-refractivity contribution is 7.11. The van der Waals surface area contributed by atoms with E-state index in [-0.39, 0.29) is 0 Å². The standard InChI is InChI=1S/C16H27N3S/c1-2-14-10-18-16(20-14)11-17-9-13-8-7-12-5-3-4-6-15(12)19-13/h10,12-13,15,17,19H,2-9,11H2,1H3. The third kappa shape index (κ3) is 3.60. The Kier molecular flexibility index (Phi) is 5.08. The van der Waals surface area contributed by atoms with Gasteiger partial charge in [-0.2, -0.15) is 0 Å². The Bertz CT molecular complexity index is 418. The van der Waals surface area contributed by atoms with Crippen LogP contribution < -0.4 is 10.6 Å². The van der Waals surface area contributed by atoms with E-state index in [1.54, 1.807) is 0 Å². The molecule has 3 nitrogen and oxygen atoms in total. The van der Waals surface area contributed by atoms with Crippen molar-refractivity contribution in [3.8, 4) is 0 Å². The largest absolute Gasteiger partial charge is 0.310 e. The summed E-state index contributed by atoms with van der Waals surface area (Å²) in [6.45, 7) is 4.21. The molecule has 1 saturated carbocycles. The van der Waals surface area contributed by atoms with Crippen molar-refractivity contribution >= 4 is 11.3 Å². The van der Waals surface area contributed by atoms with Gasteiger partial charge in [0.1, 0.15) is 5.01 Å². The van der Waals surface area contributed by atoms with E-state index in [0.717, 1.165) is 31.5 Å². The van der Waals surface area contributed by atoms with Gasteiger partial charge in [0.15, 0.2) is 0 Å². The Labute approximate surface area is 126 Å². The average Bonchev–Trinajstić information content (AvgIpc) is 2.95. The normalized spacial score (nSPS) is 30.1. The maximum absolute atomic E-state index is 4.47. The molecular formula is C16H27N3S. The van der Waals surface area contributed by atoms with E-state index in [4.69, 9.17) is 0 Å².